The van der Waals surface area contributed by atoms with Crippen molar-refractivity contribution in [2.24, 2.45) is 5.10 Å². The minimum absolute atomic E-state index is 0.0386. The van der Waals surface area contributed by atoms with Crippen LogP contribution in [0.15, 0.2) is 88.4 Å². The van der Waals surface area contributed by atoms with E-state index in [9.17, 15) is 19.1 Å². The lowest BCUT2D eigenvalue weighted by atomic mass is 10.1. The zero-order valence-corrected chi connectivity index (χ0v) is 20.2. The number of thioether (sulfide) groups is 1. The van der Waals surface area contributed by atoms with Crippen LogP contribution in [-0.2, 0) is 9.59 Å². The van der Waals surface area contributed by atoms with E-state index in [0.29, 0.717) is 33.2 Å². The van der Waals surface area contributed by atoms with Crippen molar-refractivity contribution in [3.8, 4) is 11.5 Å². The number of carbonyl (C=O) groups excluding carboxylic acids is 2. The molecule has 2 amide bonds. The molecule has 0 bridgehead atoms. The van der Waals surface area contributed by atoms with E-state index in [1.165, 1.54) is 30.2 Å². The molecule has 1 fully saturated rings. The molecule has 2 N–H and O–H groups in total. The molecule has 1 unspecified atom stereocenters. The van der Waals surface area contributed by atoms with Gasteiger partial charge in [-0.25, -0.2) is 14.7 Å². The van der Waals surface area contributed by atoms with Gasteiger partial charge in [0.1, 0.15) is 17.3 Å². The highest BCUT2D eigenvalue weighted by Crippen LogP contribution is 2.39. The molecule has 0 radical (unpaired) electrons. The summed E-state index contributed by atoms with van der Waals surface area (Å²) >= 11 is 1.03. The van der Waals surface area contributed by atoms with Gasteiger partial charge in [0.05, 0.1) is 23.3 Å². The molecule has 3 aromatic carbocycles. The fraction of sp³-hybridized carbons (Fsp3) is 0.0741. The summed E-state index contributed by atoms with van der Waals surface area (Å²) in [5.41, 5.74) is 4.05. The maximum absolute atomic E-state index is 13.4. The second-order valence-corrected chi connectivity index (χ2v) is 8.93. The summed E-state index contributed by atoms with van der Waals surface area (Å²) in [4.78, 5) is 28.0. The van der Waals surface area contributed by atoms with Gasteiger partial charge in [-0.1, -0.05) is 42.5 Å². The van der Waals surface area contributed by atoms with Gasteiger partial charge in [-0.3, -0.25) is 9.59 Å². The van der Waals surface area contributed by atoms with Crippen molar-refractivity contribution in [2.75, 3.05) is 12.0 Å². The van der Waals surface area contributed by atoms with Crippen LogP contribution in [0.2, 0.25) is 0 Å². The Labute approximate surface area is 215 Å². The number of aliphatic hydroxyl groups excluding tert-OH is 1. The highest BCUT2D eigenvalue weighted by molar-refractivity contribution is 8.19. The molecule has 1 atom stereocenters. The summed E-state index contributed by atoms with van der Waals surface area (Å²) < 4.78 is 24.2. The lowest BCUT2D eigenvalue weighted by Gasteiger charge is -2.22. The van der Waals surface area contributed by atoms with Crippen molar-refractivity contribution in [1.82, 2.24) is 5.43 Å². The number of hydrazone groups is 1. The Morgan fingerprint density at radius 1 is 1.14 bits per heavy atom. The van der Waals surface area contributed by atoms with E-state index >= 15 is 0 Å². The molecule has 0 spiro atoms. The number of nitrogens with zero attached hydrogens (tertiary/aromatic N) is 2. The smallest absolute Gasteiger partial charge is 0.273 e. The third-order valence-corrected chi connectivity index (χ3v) is 6.52. The third kappa shape index (κ3) is 4.97. The number of anilines is 1. The first-order valence-electron chi connectivity index (χ1n) is 11.1. The number of methoxy groups -OCH3 is 1. The van der Waals surface area contributed by atoms with Crippen LogP contribution in [0.4, 0.5) is 10.1 Å². The molecular weight excluding hydrogens is 497 g/mol. The number of hydrogen-bond acceptors (Lipinski definition) is 7. The summed E-state index contributed by atoms with van der Waals surface area (Å²) in [7, 11) is 1.48. The van der Waals surface area contributed by atoms with E-state index in [2.05, 4.69) is 10.5 Å². The van der Waals surface area contributed by atoms with E-state index in [-0.39, 0.29) is 16.6 Å². The largest absolute Gasteiger partial charge is 0.495 e. The fourth-order valence-electron chi connectivity index (χ4n) is 3.76. The molecule has 8 nitrogen and oxygen atoms in total. The molecule has 10 heteroatoms. The van der Waals surface area contributed by atoms with Crippen molar-refractivity contribution in [3.05, 3.63) is 100 Å². The van der Waals surface area contributed by atoms with Gasteiger partial charge < -0.3 is 14.6 Å². The van der Waals surface area contributed by atoms with E-state index in [1.807, 2.05) is 0 Å². The average Bonchev–Trinajstić information content (AvgIpc) is 3.22. The zero-order valence-electron chi connectivity index (χ0n) is 19.4. The average molecular weight is 518 g/mol. The van der Waals surface area contributed by atoms with Crippen molar-refractivity contribution < 1.29 is 28.6 Å². The van der Waals surface area contributed by atoms with Gasteiger partial charge in [0.25, 0.3) is 11.8 Å². The number of amides is 2. The molecule has 5 rings (SSSR count). The van der Waals surface area contributed by atoms with Crippen LogP contribution in [0.3, 0.4) is 0 Å². The van der Waals surface area contributed by atoms with Gasteiger partial charge >= 0.3 is 0 Å². The summed E-state index contributed by atoms with van der Waals surface area (Å²) in [6.07, 6.45) is 1.65. The SMILES string of the molecule is COc1ccccc1N1C(=O)/C(=C/c2ccc(F)cc2)S/C1=N\NC(=O)C1=Cc2ccccc2OC1O. The van der Waals surface area contributed by atoms with Crippen LogP contribution in [0, 0.1) is 5.82 Å². The molecule has 37 heavy (non-hydrogen) atoms. The Kier molecular flexibility index (Phi) is 6.76. The number of rotatable bonds is 5. The molecule has 3 aromatic rings. The number of ether oxygens (including phenoxy) is 2. The maximum atomic E-state index is 13.4. The van der Waals surface area contributed by atoms with Crippen molar-refractivity contribution in [2.45, 2.75) is 6.29 Å². The quantitative estimate of drug-likeness (QED) is 0.390. The fourth-order valence-corrected chi connectivity index (χ4v) is 4.69. The number of amidine groups is 1. The molecule has 1 saturated heterocycles. The number of halogens is 1. The van der Waals surface area contributed by atoms with Crippen LogP contribution in [0.5, 0.6) is 11.5 Å². The Hall–Kier alpha value is -4.41. The topological polar surface area (TPSA) is 100 Å². The number of hydrogen-bond donors (Lipinski definition) is 2. The number of carbonyl (C=O) groups is 2. The zero-order chi connectivity index (χ0) is 25.9. The van der Waals surface area contributed by atoms with Gasteiger partial charge in [0, 0.05) is 5.56 Å². The van der Waals surface area contributed by atoms with Crippen LogP contribution in [0.25, 0.3) is 12.2 Å². The van der Waals surface area contributed by atoms with Gasteiger partial charge in [-0.05, 0) is 59.8 Å². The Balaban J connectivity index is 1.48. The summed E-state index contributed by atoms with van der Waals surface area (Å²) in [5, 5.41) is 14.7. The Morgan fingerprint density at radius 3 is 2.65 bits per heavy atom. The molecule has 2 aliphatic heterocycles. The molecule has 186 valence electrons. The van der Waals surface area contributed by atoms with Gasteiger partial charge in [0.2, 0.25) is 6.29 Å². The van der Waals surface area contributed by atoms with Crippen LogP contribution < -0.4 is 19.8 Å². The minimum atomic E-state index is -1.48. The number of para-hydroxylation sites is 3. The monoisotopic (exact) mass is 517 g/mol. The predicted molar refractivity (Wildman–Crippen MR) is 139 cm³/mol. The van der Waals surface area contributed by atoms with Crippen molar-refractivity contribution >= 4 is 46.6 Å². The number of aliphatic hydroxyl groups is 1. The van der Waals surface area contributed by atoms with Crippen molar-refractivity contribution in [3.63, 3.8) is 0 Å². The van der Waals surface area contributed by atoms with E-state index in [4.69, 9.17) is 9.47 Å². The molecule has 0 saturated carbocycles. The Morgan fingerprint density at radius 2 is 1.86 bits per heavy atom. The maximum Gasteiger partial charge on any atom is 0.273 e. The number of fused-ring (bicyclic) bond motifs is 1. The summed E-state index contributed by atoms with van der Waals surface area (Å²) in [6, 6.07) is 19.6. The molecule has 2 aliphatic rings. The standard InChI is InChI=1S/C27H20FN3O5S/c1-35-22-9-5-3-7-20(22)31-25(33)23(14-16-10-12-18(28)13-11-16)37-27(31)30-29-24(32)19-15-17-6-2-4-8-21(17)36-26(19)34/h2-15,26,34H,1H3,(H,29,32)/b23-14-,30-27-. The third-order valence-electron chi connectivity index (χ3n) is 5.55. The normalized spacial score (nSPS) is 18.9. The van der Waals surface area contributed by atoms with E-state index < -0.39 is 18.1 Å². The second-order valence-electron chi connectivity index (χ2n) is 7.92. The highest BCUT2D eigenvalue weighted by Gasteiger charge is 2.37. The lowest BCUT2D eigenvalue weighted by molar-refractivity contribution is -0.120. The van der Waals surface area contributed by atoms with E-state index in [1.54, 1.807) is 66.7 Å². The van der Waals surface area contributed by atoms with Gasteiger partial charge in [-0.15, -0.1) is 5.10 Å². The van der Waals surface area contributed by atoms with Crippen molar-refractivity contribution in [1.29, 1.82) is 0 Å². The van der Waals surface area contributed by atoms with Gasteiger partial charge in [0.15, 0.2) is 5.17 Å². The summed E-state index contributed by atoms with van der Waals surface area (Å²) in [5.74, 6) is -0.611. The minimum Gasteiger partial charge on any atom is -0.495 e. The van der Waals surface area contributed by atoms with Crippen LogP contribution >= 0.6 is 11.8 Å². The number of benzene rings is 3. The first kappa shape index (κ1) is 24.3. The van der Waals surface area contributed by atoms with E-state index in [0.717, 1.165) is 11.8 Å². The number of nitrogens with one attached hydrogen (secondary N) is 1. The molecule has 2 heterocycles. The predicted octanol–water partition coefficient (Wildman–Crippen LogP) is 4.14. The summed E-state index contributed by atoms with van der Waals surface area (Å²) in [6.45, 7) is 0. The molecular formula is C27H20FN3O5S. The molecule has 0 aromatic heterocycles. The molecule has 0 aliphatic carbocycles. The van der Waals surface area contributed by atoms with Crippen LogP contribution in [-0.4, -0.2) is 35.5 Å². The first-order valence-corrected chi connectivity index (χ1v) is 11.9. The van der Waals surface area contributed by atoms with Crippen LogP contribution in [0.1, 0.15) is 11.1 Å². The lowest BCUT2D eigenvalue weighted by Crippen LogP contribution is -2.35. The second kappa shape index (κ2) is 10.3. The first-order chi connectivity index (χ1) is 17.9. The van der Waals surface area contributed by atoms with Gasteiger partial charge in [-0.2, -0.15) is 0 Å². The highest BCUT2D eigenvalue weighted by atomic mass is 32.2. The Bertz CT molecular complexity index is 1470.